The van der Waals surface area contributed by atoms with Crippen molar-refractivity contribution in [1.29, 1.82) is 0 Å². The number of fused-ring (bicyclic) bond motifs is 2. The van der Waals surface area contributed by atoms with Gasteiger partial charge in [-0.15, -0.1) is 11.3 Å². The average molecular weight is 461 g/mol. The number of aromatic nitrogens is 1. The molecule has 5 nitrogen and oxygen atoms in total. The van der Waals surface area contributed by atoms with Crippen molar-refractivity contribution < 1.29 is 14.3 Å². The third-order valence-electron chi connectivity index (χ3n) is 6.56. The number of thiophene rings is 1. The minimum atomic E-state index is -0.446. The molecular weight excluding hydrogens is 432 g/mol. The lowest BCUT2D eigenvalue weighted by Gasteiger charge is -2.16. The molecule has 2 heterocycles. The quantitative estimate of drug-likeness (QED) is 0.387. The van der Waals surface area contributed by atoms with E-state index in [4.69, 9.17) is 9.72 Å². The number of para-hydroxylation sites is 1. The molecular formula is C27H28N2O3S. The number of carbonyl (C=O) groups excluding carboxylic acids is 2. The van der Waals surface area contributed by atoms with E-state index in [0.717, 1.165) is 66.3 Å². The van der Waals surface area contributed by atoms with Gasteiger partial charge in [-0.05, 0) is 60.4 Å². The molecule has 2 aliphatic carbocycles. The Morgan fingerprint density at radius 3 is 2.67 bits per heavy atom. The number of hydrogen-bond donors (Lipinski definition) is 1. The van der Waals surface area contributed by atoms with Gasteiger partial charge in [0.15, 0.2) is 6.61 Å². The monoisotopic (exact) mass is 460 g/mol. The maximum Gasteiger partial charge on any atom is 0.339 e. The molecule has 0 unspecified atom stereocenters. The normalized spacial score (nSPS) is 17.6. The van der Waals surface area contributed by atoms with Crippen molar-refractivity contribution in [2.45, 2.75) is 57.4 Å². The molecule has 0 spiro atoms. The lowest BCUT2D eigenvalue weighted by molar-refractivity contribution is -0.125. The molecule has 1 aromatic carbocycles. The molecule has 2 aromatic heterocycles. The third kappa shape index (κ3) is 4.86. The number of benzene rings is 1. The standard InChI is InChI=1S/C27H28N2O3S/c30-24(28-19-8-3-1-2-4-9-19)17-32-27(31)25-21-11-5-6-12-23(21)29-26-18(13-14-22(25)26)16-20-10-7-15-33-20/h5-7,10-12,15-16,19H,1-4,8-9,13-14,17H2,(H,28,30). The lowest BCUT2D eigenvalue weighted by Crippen LogP contribution is -2.37. The summed E-state index contributed by atoms with van der Waals surface area (Å²) in [6, 6.07) is 12.0. The Kier molecular flexibility index (Phi) is 6.53. The van der Waals surface area contributed by atoms with Crippen LogP contribution in [0.4, 0.5) is 0 Å². The van der Waals surface area contributed by atoms with E-state index in [1.807, 2.05) is 30.3 Å². The van der Waals surface area contributed by atoms with Gasteiger partial charge in [0.2, 0.25) is 0 Å². The highest BCUT2D eigenvalue weighted by Crippen LogP contribution is 2.38. The Morgan fingerprint density at radius 1 is 1.06 bits per heavy atom. The summed E-state index contributed by atoms with van der Waals surface area (Å²) in [4.78, 5) is 31.8. The van der Waals surface area contributed by atoms with Crippen LogP contribution in [-0.2, 0) is 16.0 Å². The Labute approximate surface area is 197 Å². The van der Waals surface area contributed by atoms with E-state index < -0.39 is 5.97 Å². The van der Waals surface area contributed by atoms with Gasteiger partial charge in [-0.25, -0.2) is 9.78 Å². The van der Waals surface area contributed by atoms with Crippen molar-refractivity contribution in [3.63, 3.8) is 0 Å². The Morgan fingerprint density at radius 2 is 1.88 bits per heavy atom. The first-order chi connectivity index (χ1) is 16.2. The molecule has 2 aliphatic rings. The van der Waals surface area contributed by atoms with E-state index in [0.29, 0.717) is 5.56 Å². The number of allylic oxidation sites excluding steroid dienone is 1. The zero-order valence-electron chi connectivity index (χ0n) is 18.6. The minimum absolute atomic E-state index is 0.189. The van der Waals surface area contributed by atoms with Crippen LogP contribution in [0.25, 0.3) is 22.6 Å². The van der Waals surface area contributed by atoms with Crippen molar-refractivity contribution in [2.24, 2.45) is 0 Å². The predicted molar refractivity (Wildman–Crippen MR) is 132 cm³/mol. The molecule has 1 fully saturated rings. The summed E-state index contributed by atoms with van der Waals surface area (Å²) in [5.41, 5.74) is 4.25. The Hall–Kier alpha value is -2.99. The van der Waals surface area contributed by atoms with E-state index in [1.165, 1.54) is 17.7 Å². The molecule has 1 saturated carbocycles. The van der Waals surface area contributed by atoms with Crippen molar-refractivity contribution >= 4 is 45.8 Å². The molecule has 0 radical (unpaired) electrons. The van der Waals surface area contributed by atoms with Gasteiger partial charge in [0.25, 0.3) is 5.91 Å². The summed E-state index contributed by atoms with van der Waals surface area (Å²) in [7, 11) is 0. The maximum atomic E-state index is 13.2. The van der Waals surface area contributed by atoms with Crippen LogP contribution in [0.5, 0.6) is 0 Å². The van der Waals surface area contributed by atoms with E-state index in [2.05, 4.69) is 22.8 Å². The number of hydrogen-bond acceptors (Lipinski definition) is 5. The van der Waals surface area contributed by atoms with Crippen LogP contribution in [-0.4, -0.2) is 29.5 Å². The first kappa shape index (κ1) is 21.8. The second-order valence-corrected chi connectivity index (χ2v) is 9.83. The summed E-state index contributed by atoms with van der Waals surface area (Å²) >= 11 is 1.69. The van der Waals surface area contributed by atoms with Crippen LogP contribution >= 0.6 is 11.3 Å². The predicted octanol–water partition coefficient (Wildman–Crippen LogP) is 5.78. The van der Waals surface area contributed by atoms with Crippen molar-refractivity contribution in [1.82, 2.24) is 10.3 Å². The molecule has 6 heteroatoms. The Balaban J connectivity index is 1.38. The second-order valence-electron chi connectivity index (χ2n) is 8.85. The molecule has 1 amide bonds. The van der Waals surface area contributed by atoms with Gasteiger partial charge in [-0.2, -0.15) is 0 Å². The van der Waals surface area contributed by atoms with E-state index in [-0.39, 0.29) is 18.6 Å². The fraction of sp³-hybridized carbons (Fsp3) is 0.370. The van der Waals surface area contributed by atoms with Crippen LogP contribution in [0.1, 0.15) is 71.4 Å². The molecule has 170 valence electrons. The van der Waals surface area contributed by atoms with Gasteiger partial charge >= 0.3 is 5.97 Å². The third-order valence-corrected chi connectivity index (χ3v) is 7.38. The fourth-order valence-electron chi connectivity index (χ4n) is 4.95. The molecule has 1 N–H and O–H groups in total. The van der Waals surface area contributed by atoms with E-state index in [1.54, 1.807) is 11.3 Å². The highest BCUT2D eigenvalue weighted by atomic mass is 32.1. The van der Waals surface area contributed by atoms with Gasteiger partial charge in [-0.1, -0.05) is 49.9 Å². The second kappa shape index (κ2) is 9.87. The number of pyridine rings is 1. The summed E-state index contributed by atoms with van der Waals surface area (Å²) in [5, 5.41) is 5.89. The average Bonchev–Trinajstić information content (AvgIpc) is 3.40. The number of carbonyl (C=O) groups is 2. The van der Waals surface area contributed by atoms with Crippen LogP contribution in [0.15, 0.2) is 41.8 Å². The molecule has 0 aliphatic heterocycles. The largest absolute Gasteiger partial charge is 0.452 e. The molecule has 0 saturated heterocycles. The van der Waals surface area contributed by atoms with Crippen LogP contribution in [0, 0.1) is 0 Å². The highest BCUT2D eigenvalue weighted by molar-refractivity contribution is 7.10. The number of esters is 1. The lowest BCUT2D eigenvalue weighted by atomic mass is 10.0. The first-order valence-electron chi connectivity index (χ1n) is 11.8. The van der Waals surface area contributed by atoms with Gasteiger partial charge in [0.05, 0.1) is 16.8 Å². The number of rotatable bonds is 5. The van der Waals surface area contributed by atoms with Crippen molar-refractivity contribution in [2.75, 3.05) is 6.61 Å². The van der Waals surface area contributed by atoms with Crippen LogP contribution in [0.3, 0.4) is 0 Å². The zero-order valence-corrected chi connectivity index (χ0v) is 19.5. The molecule has 3 aromatic rings. The smallest absolute Gasteiger partial charge is 0.339 e. The van der Waals surface area contributed by atoms with Gasteiger partial charge in [0.1, 0.15) is 0 Å². The maximum absolute atomic E-state index is 13.2. The highest BCUT2D eigenvalue weighted by Gasteiger charge is 2.28. The van der Waals surface area contributed by atoms with Crippen LogP contribution < -0.4 is 5.32 Å². The van der Waals surface area contributed by atoms with Crippen LogP contribution in [0.2, 0.25) is 0 Å². The van der Waals surface area contributed by atoms with Gasteiger partial charge in [0, 0.05) is 16.3 Å². The molecule has 0 atom stereocenters. The number of nitrogens with one attached hydrogen (secondary N) is 1. The van der Waals surface area contributed by atoms with Crippen molar-refractivity contribution in [3.05, 3.63) is 63.5 Å². The first-order valence-corrected chi connectivity index (χ1v) is 12.7. The van der Waals surface area contributed by atoms with E-state index in [9.17, 15) is 9.59 Å². The molecule has 33 heavy (non-hydrogen) atoms. The number of nitrogens with zero attached hydrogens (tertiary/aromatic N) is 1. The van der Waals surface area contributed by atoms with Crippen molar-refractivity contribution in [3.8, 4) is 0 Å². The number of amides is 1. The van der Waals surface area contributed by atoms with Gasteiger partial charge < -0.3 is 10.1 Å². The molecule has 5 rings (SSSR count). The summed E-state index contributed by atoms with van der Waals surface area (Å²) in [5.74, 6) is -0.665. The van der Waals surface area contributed by atoms with E-state index >= 15 is 0 Å². The fourth-order valence-corrected chi connectivity index (χ4v) is 5.64. The number of ether oxygens (including phenoxy) is 1. The summed E-state index contributed by atoms with van der Waals surface area (Å²) in [6.45, 7) is -0.251. The minimum Gasteiger partial charge on any atom is -0.452 e. The summed E-state index contributed by atoms with van der Waals surface area (Å²) in [6.07, 6.45) is 10.5. The topological polar surface area (TPSA) is 68.3 Å². The SMILES string of the molecule is O=C(COC(=O)c1c2c(nc3ccccc13)C(=Cc1cccs1)CC2)NC1CCCCCC1. The Bertz CT molecular complexity index is 1190. The molecule has 0 bridgehead atoms. The summed E-state index contributed by atoms with van der Waals surface area (Å²) < 4.78 is 5.54. The van der Waals surface area contributed by atoms with Gasteiger partial charge in [-0.3, -0.25) is 4.79 Å². The zero-order chi connectivity index (χ0) is 22.6.